The van der Waals surface area contributed by atoms with Gasteiger partial charge in [0.25, 0.3) is 0 Å². The molecule has 2 aliphatic heterocycles. The third-order valence-electron chi connectivity index (χ3n) is 4.02. The summed E-state index contributed by atoms with van der Waals surface area (Å²) in [6, 6.07) is -0.0893. The van der Waals surface area contributed by atoms with Crippen LogP contribution < -0.4 is 0 Å². The third-order valence-corrected chi connectivity index (χ3v) is 5.32. The molecule has 8 heteroatoms. The molecule has 1 amide bonds. The molecule has 2 saturated heterocycles. The molecule has 0 saturated carbocycles. The number of carbonyl (C=O) groups is 1. The molecular formula is C12H23N3O4S. The summed E-state index contributed by atoms with van der Waals surface area (Å²) in [4.78, 5) is 16.2. The fourth-order valence-corrected chi connectivity index (χ4v) is 3.66. The minimum absolute atomic E-state index is 0.0893. The SMILES string of the molecule is COCCN1CCC(N2CCN(S(C)(=O)=O)CC2)C1=O. The van der Waals surface area contributed by atoms with Crippen LogP contribution in [0.25, 0.3) is 0 Å². The highest BCUT2D eigenvalue weighted by atomic mass is 32.2. The van der Waals surface area contributed by atoms with Gasteiger partial charge in [0.2, 0.25) is 15.9 Å². The van der Waals surface area contributed by atoms with Crippen molar-refractivity contribution in [2.24, 2.45) is 0 Å². The van der Waals surface area contributed by atoms with Crippen molar-refractivity contribution >= 4 is 15.9 Å². The van der Waals surface area contributed by atoms with Gasteiger partial charge in [0, 0.05) is 46.4 Å². The van der Waals surface area contributed by atoms with Gasteiger partial charge < -0.3 is 9.64 Å². The number of piperazine rings is 1. The van der Waals surface area contributed by atoms with Crippen LogP contribution in [0.4, 0.5) is 0 Å². The second-order valence-corrected chi connectivity index (χ2v) is 7.30. The van der Waals surface area contributed by atoms with E-state index in [0.717, 1.165) is 13.0 Å². The van der Waals surface area contributed by atoms with Crippen LogP contribution in [0.5, 0.6) is 0 Å². The van der Waals surface area contributed by atoms with E-state index in [0.29, 0.717) is 39.3 Å². The van der Waals surface area contributed by atoms with Crippen LogP contribution in [0, 0.1) is 0 Å². The molecule has 7 nitrogen and oxygen atoms in total. The Morgan fingerprint density at radius 3 is 2.40 bits per heavy atom. The van der Waals surface area contributed by atoms with Crippen molar-refractivity contribution in [2.75, 3.05) is 59.2 Å². The van der Waals surface area contributed by atoms with Gasteiger partial charge in [-0.3, -0.25) is 9.69 Å². The molecule has 0 aromatic carbocycles. The first-order valence-corrected chi connectivity index (χ1v) is 8.75. The standard InChI is InChI=1S/C12H23N3O4S/c1-19-10-9-14-4-3-11(12(14)16)13-5-7-15(8-6-13)20(2,17)18/h11H,3-10H2,1-2H3. The first kappa shape index (κ1) is 15.7. The summed E-state index contributed by atoms with van der Waals surface area (Å²) in [5.41, 5.74) is 0. The van der Waals surface area contributed by atoms with Gasteiger partial charge in [0.05, 0.1) is 18.9 Å². The summed E-state index contributed by atoms with van der Waals surface area (Å²) in [7, 11) is -1.49. The Labute approximate surface area is 120 Å². The minimum atomic E-state index is -3.11. The molecule has 2 heterocycles. The number of hydrogen-bond acceptors (Lipinski definition) is 5. The van der Waals surface area contributed by atoms with Crippen LogP contribution in [0.3, 0.4) is 0 Å². The zero-order valence-electron chi connectivity index (χ0n) is 12.1. The number of likely N-dealkylation sites (tertiary alicyclic amines) is 1. The quantitative estimate of drug-likeness (QED) is 0.639. The summed E-state index contributed by atoms with van der Waals surface area (Å²) in [5.74, 6) is 0.148. The Morgan fingerprint density at radius 1 is 1.20 bits per heavy atom. The van der Waals surface area contributed by atoms with Crippen molar-refractivity contribution in [3.63, 3.8) is 0 Å². The van der Waals surface area contributed by atoms with E-state index in [1.54, 1.807) is 7.11 Å². The van der Waals surface area contributed by atoms with Crippen molar-refractivity contribution in [1.82, 2.24) is 14.1 Å². The van der Waals surface area contributed by atoms with Crippen LogP contribution in [-0.2, 0) is 19.6 Å². The molecule has 0 radical (unpaired) electrons. The molecule has 0 spiro atoms. The summed E-state index contributed by atoms with van der Waals surface area (Å²) in [6.07, 6.45) is 2.05. The van der Waals surface area contributed by atoms with Gasteiger partial charge in [-0.15, -0.1) is 0 Å². The van der Waals surface area contributed by atoms with Crippen LogP contribution in [0.1, 0.15) is 6.42 Å². The average Bonchev–Trinajstić information content (AvgIpc) is 2.77. The van der Waals surface area contributed by atoms with Gasteiger partial charge in [-0.2, -0.15) is 4.31 Å². The highest BCUT2D eigenvalue weighted by molar-refractivity contribution is 7.88. The molecule has 0 aliphatic carbocycles. The van der Waals surface area contributed by atoms with Crippen molar-refractivity contribution in [1.29, 1.82) is 0 Å². The van der Waals surface area contributed by atoms with Gasteiger partial charge in [-0.25, -0.2) is 8.42 Å². The van der Waals surface area contributed by atoms with Gasteiger partial charge in [-0.05, 0) is 6.42 Å². The second kappa shape index (κ2) is 6.38. The lowest BCUT2D eigenvalue weighted by atomic mass is 10.2. The Hall–Kier alpha value is -0.700. The van der Waals surface area contributed by atoms with Crippen molar-refractivity contribution in [3.8, 4) is 0 Å². The highest BCUT2D eigenvalue weighted by Gasteiger charge is 2.37. The van der Waals surface area contributed by atoms with Crippen LogP contribution in [0.2, 0.25) is 0 Å². The van der Waals surface area contributed by atoms with Gasteiger partial charge >= 0.3 is 0 Å². The van der Waals surface area contributed by atoms with E-state index in [9.17, 15) is 13.2 Å². The monoisotopic (exact) mass is 305 g/mol. The highest BCUT2D eigenvalue weighted by Crippen LogP contribution is 2.19. The van der Waals surface area contributed by atoms with E-state index in [1.807, 2.05) is 4.90 Å². The number of hydrogen-bond donors (Lipinski definition) is 0. The van der Waals surface area contributed by atoms with Crippen molar-refractivity contribution in [3.05, 3.63) is 0 Å². The van der Waals surface area contributed by atoms with Crippen molar-refractivity contribution in [2.45, 2.75) is 12.5 Å². The lowest BCUT2D eigenvalue weighted by molar-refractivity contribution is -0.133. The van der Waals surface area contributed by atoms with Gasteiger partial charge in [0.15, 0.2) is 0 Å². The molecule has 0 bridgehead atoms. The molecule has 2 fully saturated rings. The summed E-state index contributed by atoms with van der Waals surface area (Å²) in [5, 5.41) is 0. The van der Waals surface area contributed by atoms with E-state index in [-0.39, 0.29) is 11.9 Å². The Bertz CT molecular complexity index is 446. The molecule has 0 N–H and O–H groups in total. The first-order chi connectivity index (χ1) is 9.43. The second-order valence-electron chi connectivity index (χ2n) is 5.32. The molecule has 2 aliphatic rings. The molecule has 2 rings (SSSR count). The predicted octanol–water partition coefficient (Wildman–Crippen LogP) is -1.19. The topological polar surface area (TPSA) is 70.2 Å². The molecule has 1 atom stereocenters. The fraction of sp³-hybridized carbons (Fsp3) is 0.917. The number of carbonyl (C=O) groups excluding carboxylic acids is 1. The summed E-state index contributed by atoms with van der Waals surface area (Å²) in [6.45, 7) is 4.15. The third kappa shape index (κ3) is 3.49. The Morgan fingerprint density at radius 2 is 1.85 bits per heavy atom. The number of amides is 1. The largest absolute Gasteiger partial charge is 0.383 e. The number of rotatable bonds is 5. The van der Waals surface area contributed by atoms with Gasteiger partial charge in [0.1, 0.15) is 0 Å². The molecule has 20 heavy (non-hydrogen) atoms. The molecule has 116 valence electrons. The van der Waals surface area contributed by atoms with Crippen molar-refractivity contribution < 1.29 is 17.9 Å². The van der Waals surface area contributed by atoms with E-state index in [4.69, 9.17) is 4.74 Å². The predicted molar refractivity (Wildman–Crippen MR) is 74.9 cm³/mol. The first-order valence-electron chi connectivity index (χ1n) is 6.90. The van der Waals surface area contributed by atoms with Gasteiger partial charge in [-0.1, -0.05) is 0 Å². The summed E-state index contributed by atoms with van der Waals surface area (Å²) >= 11 is 0. The molecule has 0 aromatic rings. The zero-order chi connectivity index (χ0) is 14.8. The minimum Gasteiger partial charge on any atom is -0.383 e. The van der Waals surface area contributed by atoms with E-state index in [1.165, 1.54) is 10.6 Å². The smallest absolute Gasteiger partial charge is 0.240 e. The van der Waals surface area contributed by atoms with Crippen LogP contribution in [-0.4, -0.2) is 93.7 Å². The lowest BCUT2D eigenvalue weighted by Crippen LogP contribution is -2.53. The van der Waals surface area contributed by atoms with E-state index in [2.05, 4.69) is 4.90 Å². The van der Waals surface area contributed by atoms with Crippen LogP contribution in [0.15, 0.2) is 0 Å². The molecule has 1 unspecified atom stereocenters. The maximum atomic E-state index is 12.3. The lowest BCUT2D eigenvalue weighted by Gasteiger charge is -2.36. The zero-order valence-corrected chi connectivity index (χ0v) is 12.9. The van der Waals surface area contributed by atoms with E-state index < -0.39 is 10.0 Å². The van der Waals surface area contributed by atoms with Crippen LogP contribution >= 0.6 is 0 Å². The normalized spacial score (nSPS) is 26.4. The number of sulfonamides is 1. The maximum Gasteiger partial charge on any atom is 0.240 e. The number of methoxy groups -OCH3 is 1. The fourth-order valence-electron chi connectivity index (χ4n) is 2.83. The number of nitrogens with zero attached hydrogens (tertiary/aromatic N) is 3. The Balaban J connectivity index is 1.87. The Kier molecular flexibility index (Phi) is 5.00. The maximum absolute atomic E-state index is 12.3. The average molecular weight is 305 g/mol. The molecule has 0 aromatic heterocycles. The number of ether oxygens (including phenoxy) is 1. The van der Waals surface area contributed by atoms with E-state index >= 15 is 0 Å². The summed E-state index contributed by atoms with van der Waals surface area (Å²) < 4.78 is 29.4. The molecular weight excluding hydrogens is 282 g/mol.